The van der Waals surface area contributed by atoms with Crippen molar-refractivity contribution in [3.63, 3.8) is 0 Å². The van der Waals surface area contributed by atoms with Crippen LogP contribution >= 0.6 is 0 Å². The number of hydrogen-bond donors (Lipinski definition) is 1. The molecule has 4 heteroatoms. The first-order chi connectivity index (χ1) is 12.3. The van der Waals surface area contributed by atoms with Gasteiger partial charge in [-0.25, -0.2) is 9.97 Å². The van der Waals surface area contributed by atoms with E-state index < -0.39 is 0 Å². The third-order valence-electron chi connectivity index (χ3n) is 5.15. The fourth-order valence-corrected chi connectivity index (χ4v) is 3.61. The van der Waals surface area contributed by atoms with E-state index in [9.17, 15) is 0 Å². The molecule has 1 atom stereocenters. The topological polar surface area (TPSA) is 55.0 Å². The Balaban J connectivity index is 1.62. The molecule has 128 valence electrons. The quantitative estimate of drug-likeness (QED) is 0.791. The van der Waals surface area contributed by atoms with Crippen LogP contribution in [0.4, 0.5) is 5.95 Å². The molecule has 4 rings (SSSR count). The second-order valence-electron chi connectivity index (χ2n) is 6.82. The molecule has 1 aliphatic heterocycles. The zero-order valence-corrected chi connectivity index (χ0v) is 14.4. The summed E-state index contributed by atoms with van der Waals surface area (Å²) in [4.78, 5) is 11.7. The highest BCUT2D eigenvalue weighted by atomic mass is 15.2. The van der Waals surface area contributed by atoms with Gasteiger partial charge in [0.2, 0.25) is 5.95 Å². The summed E-state index contributed by atoms with van der Waals surface area (Å²) in [5.41, 5.74) is 7.97. The van der Waals surface area contributed by atoms with Crippen molar-refractivity contribution in [2.75, 3.05) is 24.5 Å². The molecule has 3 aromatic rings. The molecule has 2 N–H and O–H groups in total. The van der Waals surface area contributed by atoms with Crippen LogP contribution in [-0.2, 0) is 0 Å². The summed E-state index contributed by atoms with van der Waals surface area (Å²) in [5.74, 6) is 1.47. The summed E-state index contributed by atoms with van der Waals surface area (Å²) >= 11 is 0. The monoisotopic (exact) mass is 332 g/mol. The van der Waals surface area contributed by atoms with E-state index in [1.54, 1.807) is 0 Å². The average Bonchev–Trinajstić information content (AvgIpc) is 2.93. The summed E-state index contributed by atoms with van der Waals surface area (Å²) in [6.07, 6.45) is 5.36. The normalized spacial score (nSPS) is 18.3. The molecular formula is C21H24N4. The molecule has 0 spiro atoms. The molecule has 0 amide bonds. The largest absolute Gasteiger partial charge is 0.341 e. The Hall–Kier alpha value is -2.46. The molecule has 1 aromatic heterocycles. The van der Waals surface area contributed by atoms with E-state index in [1.807, 2.05) is 12.3 Å². The number of nitrogens with two attached hydrogens (primary N) is 1. The maximum atomic E-state index is 5.85. The van der Waals surface area contributed by atoms with Gasteiger partial charge in [-0.1, -0.05) is 36.4 Å². The molecule has 2 aromatic carbocycles. The maximum Gasteiger partial charge on any atom is 0.225 e. The predicted molar refractivity (Wildman–Crippen MR) is 104 cm³/mol. The van der Waals surface area contributed by atoms with E-state index in [0.717, 1.165) is 49.7 Å². The second-order valence-corrected chi connectivity index (χ2v) is 6.82. The molecule has 0 aliphatic carbocycles. The van der Waals surface area contributed by atoms with E-state index in [2.05, 4.69) is 52.3 Å². The highest BCUT2D eigenvalue weighted by molar-refractivity contribution is 5.86. The van der Waals surface area contributed by atoms with E-state index in [0.29, 0.717) is 5.92 Å². The Labute approximate surface area is 148 Å². The molecule has 1 fully saturated rings. The lowest BCUT2D eigenvalue weighted by Gasteiger charge is -2.20. The summed E-state index contributed by atoms with van der Waals surface area (Å²) in [6, 6.07) is 16.9. The van der Waals surface area contributed by atoms with Gasteiger partial charge in [-0.15, -0.1) is 0 Å². The van der Waals surface area contributed by atoms with Gasteiger partial charge in [0, 0.05) is 24.8 Å². The van der Waals surface area contributed by atoms with Gasteiger partial charge in [-0.05, 0) is 54.6 Å². The molecule has 4 nitrogen and oxygen atoms in total. The minimum atomic E-state index is 0.633. The lowest BCUT2D eigenvalue weighted by Crippen LogP contribution is -2.26. The Morgan fingerprint density at radius 3 is 2.76 bits per heavy atom. The van der Waals surface area contributed by atoms with Crippen LogP contribution in [-0.4, -0.2) is 29.6 Å². The van der Waals surface area contributed by atoms with E-state index >= 15 is 0 Å². The van der Waals surface area contributed by atoms with Crippen LogP contribution in [0.2, 0.25) is 0 Å². The Kier molecular flexibility index (Phi) is 4.61. The molecule has 1 saturated heterocycles. The smallest absolute Gasteiger partial charge is 0.225 e. The van der Waals surface area contributed by atoms with Gasteiger partial charge < -0.3 is 10.6 Å². The van der Waals surface area contributed by atoms with Gasteiger partial charge in [0.1, 0.15) is 0 Å². The van der Waals surface area contributed by atoms with Crippen molar-refractivity contribution in [2.45, 2.75) is 19.3 Å². The second kappa shape index (κ2) is 7.19. The van der Waals surface area contributed by atoms with Crippen molar-refractivity contribution in [1.29, 1.82) is 0 Å². The zero-order valence-electron chi connectivity index (χ0n) is 14.4. The molecule has 0 unspecified atom stereocenters. The summed E-state index contributed by atoms with van der Waals surface area (Å²) < 4.78 is 0. The van der Waals surface area contributed by atoms with Crippen molar-refractivity contribution >= 4 is 16.7 Å². The van der Waals surface area contributed by atoms with Crippen LogP contribution in [0.25, 0.3) is 22.0 Å². The Morgan fingerprint density at radius 2 is 1.88 bits per heavy atom. The fourth-order valence-electron chi connectivity index (χ4n) is 3.61. The van der Waals surface area contributed by atoms with Crippen molar-refractivity contribution in [3.8, 4) is 11.3 Å². The highest BCUT2D eigenvalue weighted by Crippen LogP contribution is 2.25. The number of hydrogen-bond acceptors (Lipinski definition) is 4. The van der Waals surface area contributed by atoms with Crippen LogP contribution in [0, 0.1) is 5.92 Å². The van der Waals surface area contributed by atoms with Crippen LogP contribution in [0.5, 0.6) is 0 Å². The van der Waals surface area contributed by atoms with Gasteiger partial charge in [0.15, 0.2) is 0 Å². The first-order valence-corrected chi connectivity index (χ1v) is 9.11. The summed E-state index contributed by atoms with van der Waals surface area (Å²) in [5, 5.41) is 2.49. The SMILES string of the molecule is NC[C@@H]1CCCN(c2nccc(-c3ccc4ccccc4c3)n2)CC1. The summed E-state index contributed by atoms with van der Waals surface area (Å²) in [6.45, 7) is 2.78. The number of aromatic nitrogens is 2. The number of rotatable bonds is 3. The molecule has 0 bridgehead atoms. The molecule has 0 radical (unpaired) electrons. The van der Waals surface area contributed by atoms with Crippen LogP contribution in [0.15, 0.2) is 54.7 Å². The minimum absolute atomic E-state index is 0.633. The van der Waals surface area contributed by atoms with Crippen LogP contribution < -0.4 is 10.6 Å². The molecule has 1 aliphatic rings. The Morgan fingerprint density at radius 1 is 1.00 bits per heavy atom. The lowest BCUT2D eigenvalue weighted by molar-refractivity contribution is 0.485. The number of benzene rings is 2. The van der Waals surface area contributed by atoms with Crippen molar-refractivity contribution in [3.05, 3.63) is 54.7 Å². The van der Waals surface area contributed by atoms with Crippen LogP contribution in [0.1, 0.15) is 19.3 Å². The molecule has 2 heterocycles. The lowest BCUT2D eigenvalue weighted by atomic mass is 10.0. The van der Waals surface area contributed by atoms with Crippen molar-refractivity contribution in [1.82, 2.24) is 9.97 Å². The van der Waals surface area contributed by atoms with Gasteiger partial charge >= 0.3 is 0 Å². The number of nitrogens with zero attached hydrogens (tertiary/aromatic N) is 3. The van der Waals surface area contributed by atoms with E-state index in [4.69, 9.17) is 10.7 Å². The Bertz CT molecular complexity index is 861. The van der Waals surface area contributed by atoms with Gasteiger partial charge in [0.25, 0.3) is 0 Å². The molecular weight excluding hydrogens is 308 g/mol. The highest BCUT2D eigenvalue weighted by Gasteiger charge is 2.18. The first-order valence-electron chi connectivity index (χ1n) is 9.11. The zero-order chi connectivity index (χ0) is 17.1. The number of fused-ring (bicyclic) bond motifs is 1. The molecule has 0 saturated carbocycles. The minimum Gasteiger partial charge on any atom is -0.341 e. The van der Waals surface area contributed by atoms with E-state index in [-0.39, 0.29) is 0 Å². The van der Waals surface area contributed by atoms with Crippen molar-refractivity contribution < 1.29 is 0 Å². The van der Waals surface area contributed by atoms with Gasteiger partial charge in [-0.3, -0.25) is 0 Å². The van der Waals surface area contributed by atoms with Crippen molar-refractivity contribution in [2.24, 2.45) is 11.7 Å². The van der Waals surface area contributed by atoms with Gasteiger partial charge in [-0.2, -0.15) is 0 Å². The first kappa shape index (κ1) is 16.0. The van der Waals surface area contributed by atoms with Crippen LogP contribution in [0.3, 0.4) is 0 Å². The number of anilines is 1. The molecule has 25 heavy (non-hydrogen) atoms. The third kappa shape index (κ3) is 3.49. The average molecular weight is 332 g/mol. The maximum absolute atomic E-state index is 5.85. The summed E-state index contributed by atoms with van der Waals surface area (Å²) in [7, 11) is 0. The third-order valence-corrected chi connectivity index (χ3v) is 5.15. The van der Waals surface area contributed by atoms with Gasteiger partial charge in [0.05, 0.1) is 5.69 Å². The predicted octanol–water partition coefficient (Wildman–Crippen LogP) is 3.86. The fraction of sp³-hybridized carbons (Fsp3) is 0.333. The van der Waals surface area contributed by atoms with E-state index in [1.165, 1.54) is 17.2 Å². The standard InChI is InChI=1S/C21H24N4/c22-15-16-4-3-12-25(13-10-16)21-23-11-9-20(24-21)19-8-7-17-5-1-2-6-18(17)14-19/h1-2,5-9,11,14,16H,3-4,10,12-13,15,22H2/t16-/m1/s1.